The fourth-order valence-corrected chi connectivity index (χ4v) is 1.57. The molecule has 0 atom stereocenters. The summed E-state index contributed by atoms with van der Waals surface area (Å²) in [4.78, 5) is 3.68. The highest BCUT2D eigenvalue weighted by atomic mass is 79.9. The van der Waals surface area contributed by atoms with Crippen molar-refractivity contribution in [2.75, 3.05) is 0 Å². The van der Waals surface area contributed by atoms with E-state index >= 15 is 0 Å². The quantitative estimate of drug-likeness (QED) is 0.797. The molecular weight excluding hydrogens is 273 g/mol. The maximum atomic E-state index is 13.5. The zero-order chi connectivity index (χ0) is 11.4. The van der Waals surface area contributed by atoms with Crippen LogP contribution in [0.2, 0.25) is 0 Å². The van der Waals surface area contributed by atoms with Crippen molar-refractivity contribution in [3.05, 3.63) is 28.8 Å². The maximum Gasteiger partial charge on any atom is 0.268 e. The summed E-state index contributed by atoms with van der Waals surface area (Å²) in [5.41, 5.74) is -0.860. The molecule has 1 aromatic heterocycles. The van der Waals surface area contributed by atoms with Crippen LogP contribution >= 0.6 is 15.9 Å². The number of nitriles is 1. The Morgan fingerprint density at radius 2 is 2.20 bits per heavy atom. The van der Waals surface area contributed by atoms with Gasteiger partial charge >= 0.3 is 0 Å². The molecule has 2 nitrogen and oxygen atoms in total. The largest absolute Gasteiger partial charge is 0.268 e. The Kier molecular flexibility index (Phi) is 4.09. The van der Waals surface area contributed by atoms with E-state index in [4.69, 9.17) is 5.26 Å². The normalized spacial score (nSPS) is 10.4. The standard InChI is InChI=1S/C9H6BrF3N2/c10-3-6-7(9(12)13)8(11)5(1-2-14)4-15-6/h4,9H,1,3H2. The van der Waals surface area contributed by atoms with Gasteiger partial charge in [0, 0.05) is 17.1 Å². The zero-order valence-corrected chi connectivity index (χ0v) is 9.06. The molecular formula is C9H6BrF3N2. The molecule has 0 saturated carbocycles. The molecule has 1 heterocycles. The monoisotopic (exact) mass is 278 g/mol. The first kappa shape index (κ1) is 12.0. The lowest BCUT2D eigenvalue weighted by Gasteiger charge is -2.08. The lowest BCUT2D eigenvalue weighted by Crippen LogP contribution is -2.04. The molecule has 0 aliphatic rings. The summed E-state index contributed by atoms with van der Waals surface area (Å²) < 4.78 is 38.5. The summed E-state index contributed by atoms with van der Waals surface area (Å²) in [5.74, 6) is -1.03. The number of halogens is 4. The van der Waals surface area contributed by atoms with Gasteiger partial charge in [0.15, 0.2) is 0 Å². The molecule has 0 unspecified atom stereocenters. The number of hydrogen-bond donors (Lipinski definition) is 0. The molecule has 0 bridgehead atoms. The molecule has 0 amide bonds. The van der Waals surface area contributed by atoms with Gasteiger partial charge in [-0.15, -0.1) is 0 Å². The Morgan fingerprint density at radius 3 is 2.67 bits per heavy atom. The van der Waals surface area contributed by atoms with Gasteiger partial charge in [0.1, 0.15) is 5.82 Å². The van der Waals surface area contributed by atoms with Gasteiger partial charge in [0.2, 0.25) is 0 Å². The molecule has 0 fully saturated rings. The Morgan fingerprint density at radius 1 is 1.53 bits per heavy atom. The van der Waals surface area contributed by atoms with Gasteiger partial charge in [-0.2, -0.15) is 5.26 Å². The van der Waals surface area contributed by atoms with Crippen LogP contribution in [0.1, 0.15) is 23.2 Å². The lowest BCUT2D eigenvalue weighted by molar-refractivity contribution is 0.144. The smallest absolute Gasteiger partial charge is 0.259 e. The molecule has 0 N–H and O–H groups in total. The fourth-order valence-electron chi connectivity index (χ4n) is 1.12. The second-order valence-electron chi connectivity index (χ2n) is 2.73. The summed E-state index contributed by atoms with van der Waals surface area (Å²) in [6.45, 7) is 0. The predicted molar refractivity (Wildman–Crippen MR) is 51.1 cm³/mol. The Bertz CT molecular complexity index is 401. The first-order valence-corrected chi connectivity index (χ1v) is 5.11. The van der Waals surface area contributed by atoms with Crippen LogP contribution in [0.3, 0.4) is 0 Å². The van der Waals surface area contributed by atoms with Gasteiger partial charge in [-0.1, -0.05) is 15.9 Å². The first-order valence-electron chi connectivity index (χ1n) is 3.99. The van der Waals surface area contributed by atoms with Crippen molar-refractivity contribution in [3.63, 3.8) is 0 Å². The average molecular weight is 279 g/mol. The van der Waals surface area contributed by atoms with E-state index in [0.29, 0.717) is 0 Å². The Balaban J connectivity index is 3.30. The molecule has 0 aromatic carbocycles. The van der Waals surface area contributed by atoms with E-state index in [2.05, 4.69) is 20.9 Å². The molecule has 0 aliphatic heterocycles. The molecule has 80 valence electrons. The van der Waals surface area contributed by atoms with Gasteiger partial charge < -0.3 is 0 Å². The number of rotatable bonds is 3. The highest BCUT2D eigenvalue weighted by Crippen LogP contribution is 2.28. The molecule has 6 heteroatoms. The SMILES string of the molecule is N#CCc1cnc(CBr)c(C(F)F)c1F. The van der Waals surface area contributed by atoms with Crippen molar-refractivity contribution >= 4 is 15.9 Å². The predicted octanol–water partition coefficient (Wildman–Crippen LogP) is 3.12. The van der Waals surface area contributed by atoms with Crippen molar-refractivity contribution < 1.29 is 13.2 Å². The maximum absolute atomic E-state index is 13.5. The second-order valence-corrected chi connectivity index (χ2v) is 3.29. The van der Waals surface area contributed by atoms with Crippen LogP contribution in [0.4, 0.5) is 13.2 Å². The second kappa shape index (κ2) is 5.12. The van der Waals surface area contributed by atoms with Gasteiger partial charge in [-0.3, -0.25) is 4.98 Å². The minimum absolute atomic E-state index is 0.0378. The third-order valence-electron chi connectivity index (χ3n) is 1.82. The molecule has 0 spiro atoms. The Hall–Kier alpha value is -1.09. The van der Waals surface area contributed by atoms with Gasteiger partial charge in [0.25, 0.3) is 6.43 Å². The third kappa shape index (κ3) is 2.48. The van der Waals surface area contributed by atoms with E-state index < -0.39 is 17.8 Å². The van der Waals surface area contributed by atoms with Crippen LogP contribution in [0.5, 0.6) is 0 Å². The van der Waals surface area contributed by atoms with Crippen molar-refractivity contribution in [2.45, 2.75) is 18.2 Å². The van der Waals surface area contributed by atoms with Crippen LogP contribution in [0.15, 0.2) is 6.20 Å². The highest BCUT2D eigenvalue weighted by molar-refractivity contribution is 9.08. The summed E-state index contributed by atoms with van der Waals surface area (Å²) in [5, 5.41) is 8.41. The van der Waals surface area contributed by atoms with Crippen molar-refractivity contribution in [1.29, 1.82) is 5.26 Å². The Labute approximate surface area is 92.9 Å². The molecule has 0 aliphatic carbocycles. The topological polar surface area (TPSA) is 36.7 Å². The van der Waals surface area contributed by atoms with Crippen LogP contribution in [0.25, 0.3) is 0 Å². The van der Waals surface area contributed by atoms with E-state index in [9.17, 15) is 13.2 Å². The summed E-state index contributed by atoms with van der Waals surface area (Å²) in [7, 11) is 0. The summed E-state index contributed by atoms with van der Waals surface area (Å²) in [6.07, 6.45) is -2.08. The minimum Gasteiger partial charge on any atom is -0.259 e. The summed E-state index contributed by atoms with van der Waals surface area (Å²) in [6, 6.07) is 1.69. The molecule has 0 saturated heterocycles. The molecule has 1 rings (SSSR count). The van der Waals surface area contributed by atoms with Crippen LogP contribution < -0.4 is 0 Å². The van der Waals surface area contributed by atoms with Crippen LogP contribution in [-0.2, 0) is 11.8 Å². The lowest BCUT2D eigenvalue weighted by atomic mass is 10.1. The third-order valence-corrected chi connectivity index (χ3v) is 2.35. The van der Waals surface area contributed by atoms with E-state index in [1.165, 1.54) is 0 Å². The van der Waals surface area contributed by atoms with E-state index in [0.717, 1.165) is 6.20 Å². The van der Waals surface area contributed by atoms with E-state index in [-0.39, 0.29) is 23.0 Å². The number of alkyl halides is 3. The van der Waals surface area contributed by atoms with Crippen molar-refractivity contribution in [2.24, 2.45) is 0 Å². The summed E-state index contributed by atoms with van der Waals surface area (Å²) >= 11 is 2.95. The highest BCUT2D eigenvalue weighted by Gasteiger charge is 2.21. The molecule has 0 radical (unpaired) electrons. The first-order chi connectivity index (χ1) is 7.11. The van der Waals surface area contributed by atoms with Crippen molar-refractivity contribution in [1.82, 2.24) is 4.98 Å². The van der Waals surface area contributed by atoms with E-state index in [1.807, 2.05) is 0 Å². The molecule has 15 heavy (non-hydrogen) atoms. The van der Waals surface area contributed by atoms with Gasteiger partial charge in [-0.05, 0) is 0 Å². The van der Waals surface area contributed by atoms with Crippen LogP contribution in [-0.4, -0.2) is 4.98 Å². The zero-order valence-electron chi connectivity index (χ0n) is 7.48. The number of hydrogen-bond acceptors (Lipinski definition) is 2. The fraction of sp³-hybridized carbons (Fsp3) is 0.333. The van der Waals surface area contributed by atoms with Gasteiger partial charge in [-0.25, -0.2) is 13.2 Å². The van der Waals surface area contributed by atoms with Gasteiger partial charge in [0.05, 0.1) is 23.7 Å². The number of nitrogens with zero attached hydrogens (tertiary/aromatic N) is 2. The average Bonchev–Trinajstić information content (AvgIpc) is 2.20. The minimum atomic E-state index is -2.93. The number of aromatic nitrogens is 1. The molecule has 1 aromatic rings. The van der Waals surface area contributed by atoms with E-state index in [1.54, 1.807) is 6.07 Å². The number of pyridine rings is 1. The van der Waals surface area contributed by atoms with Crippen molar-refractivity contribution in [3.8, 4) is 6.07 Å². The van der Waals surface area contributed by atoms with Crippen LogP contribution in [0, 0.1) is 17.1 Å².